The van der Waals surface area contributed by atoms with Crippen molar-refractivity contribution in [2.75, 3.05) is 25.7 Å². The minimum absolute atomic E-state index is 0.168. The Morgan fingerprint density at radius 1 is 1.07 bits per heavy atom. The van der Waals surface area contributed by atoms with Crippen molar-refractivity contribution < 1.29 is 28.6 Å². The second-order valence-corrected chi connectivity index (χ2v) is 10.6. The number of hydrogen-bond donors (Lipinski definition) is 0. The van der Waals surface area contributed by atoms with Crippen LogP contribution in [-0.4, -0.2) is 43.2 Å². The summed E-state index contributed by atoms with van der Waals surface area (Å²) in [6, 6.07) is 11.3. The van der Waals surface area contributed by atoms with Gasteiger partial charge in [-0.2, -0.15) is 0 Å². The van der Waals surface area contributed by atoms with Gasteiger partial charge in [-0.25, -0.2) is 9.79 Å². The first kappa shape index (κ1) is 28.0. The maximum absolute atomic E-state index is 14.2. The number of ether oxygens (including phenoxy) is 3. The zero-order chi connectivity index (χ0) is 29.4. The molecule has 0 aliphatic carbocycles. The third kappa shape index (κ3) is 4.76. The van der Waals surface area contributed by atoms with Crippen LogP contribution < -0.4 is 29.3 Å². The molecule has 0 radical (unpaired) electrons. The number of amides is 1. The van der Waals surface area contributed by atoms with Crippen LogP contribution in [0.4, 0.5) is 5.69 Å². The SMILES string of the molecule is CCCCN1C(=O)C(=c2sc3n(c2=O)C(c2ccc(OC(C)=O)c(OC)c2)C(C(=O)OC)=C(C)N=3)c2ccccc21. The topological polar surface area (TPSA) is 117 Å². The summed E-state index contributed by atoms with van der Waals surface area (Å²) in [5, 5.41) is 0. The fraction of sp³-hybridized carbons (Fsp3) is 0.300. The van der Waals surface area contributed by atoms with E-state index >= 15 is 0 Å². The number of aromatic nitrogens is 1. The zero-order valence-electron chi connectivity index (χ0n) is 23.3. The third-order valence-electron chi connectivity index (χ3n) is 7.05. The highest BCUT2D eigenvalue weighted by Gasteiger charge is 2.37. The van der Waals surface area contributed by atoms with Gasteiger partial charge in [0, 0.05) is 19.0 Å². The number of esters is 2. The number of carbonyl (C=O) groups excluding carboxylic acids is 3. The first-order chi connectivity index (χ1) is 19.7. The average Bonchev–Trinajstić information content (AvgIpc) is 3.42. The first-order valence-corrected chi connectivity index (χ1v) is 13.9. The quantitative estimate of drug-likeness (QED) is 0.314. The predicted molar refractivity (Wildman–Crippen MR) is 153 cm³/mol. The van der Waals surface area contributed by atoms with Gasteiger partial charge in [0.1, 0.15) is 4.53 Å². The van der Waals surface area contributed by atoms with Crippen LogP contribution in [-0.2, 0) is 19.1 Å². The number of para-hydroxylation sites is 1. The van der Waals surface area contributed by atoms with Crippen molar-refractivity contribution in [3.63, 3.8) is 0 Å². The van der Waals surface area contributed by atoms with E-state index in [1.54, 1.807) is 30.0 Å². The van der Waals surface area contributed by atoms with E-state index in [-0.39, 0.29) is 27.5 Å². The number of anilines is 1. The number of methoxy groups -OCH3 is 2. The summed E-state index contributed by atoms with van der Waals surface area (Å²) in [4.78, 5) is 59.3. The highest BCUT2D eigenvalue weighted by Crippen LogP contribution is 2.37. The molecule has 0 saturated heterocycles. The number of rotatable bonds is 7. The van der Waals surface area contributed by atoms with Crippen molar-refractivity contribution >= 4 is 40.4 Å². The van der Waals surface area contributed by atoms with E-state index in [2.05, 4.69) is 11.9 Å². The van der Waals surface area contributed by atoms with E-state index < -0.39 is 23.5 Å². The molecule has 3 heterocycles. The van der Waals surface area contributed by atoms with Gasteiger partial charge in [-0.3, -0.25) is 19.0 Å². The molecule has 1 unspecified atom stereocenters. The lowest BCUT2D eigenvalue weighted by Crippen LogP contribution is -2.41. The van der Waals surface area contributed by atoms with Gasteiger partial charge in [-0.05, 0) is 37.1 Å². The fourth-order valence-corrected chi connectivity index (χ4v) is 6.33. The van der Waals surface area contributed by atoms with E-state index in [1.807, 2.05) is 24.3 Å². The predicted octanol–water partition coefficient (Wildman–Crippen LogP) is 2.86. The summed E-state index contributed by atoms with van der Waals surface area (Å²) < 4.78 is 17.4. The molecule has 0 saturated carbocycles. The van der Waals surface area contributed by atoms with Crippen molar-refractivity contribution in [1.29, 1.82) is 0 Å². The van der Waals surface area contributed by atoms with Crippen LogP contribution in [0.5, 0.6) is 11.5 Å². The van der Waals surface area contributed by atoms with Crippen molar-refractivity contribution in [3.05, 3.63) is 84.5 Å². The van der Waals surface area contributed by atoms with Crippen LogP contribution in [0.25, 0.3) is 5.57 Å². The Labute approximate surface area is 239 Å². The van der Waals surface area contributed by atoms with Gasteiger partial charge < -0.3 is 19.1 Å². The molecule has 1 amide bonds. The van der Waals surface area contributed by atoms with Gasteiger partial charge in [0.25, 0.3) is 11.5 Å². The molecular weight excluding hydrogens is 546 g/mol. The van der Waals surface area contributed by atoms with Gasteiger partial charge in [-0.15, -0.1) is 0 Å². The molecular formula is C30H29N3O7S. The molecule has 0 spiro atoms. The number of unbranched alkanes of at least 4 members (excludes halogenated alkanes) is 1. The molecule has 2 aromatic carbocycles. The Morgan fingerprint density at radius 2 is 1.83 bits per heavy atom. The molecule has 2 aliphatic rings. The maximum atomic E-state index is 14.2. The Morgan fingerprint density at radius 3 is 2.51 bits per heavy atom. The van der Waals surface area contributed by atoms with Gasteiger partial charge >= 0.3 is 11.9 Å². The van der Waals surface area contributed by atoms with Crippen molar-refractivity contribution in [3.8, 4) is 11.5 Å². The molecule has 5 rings (SSSR count). The van der Waals surface area contributed by atoms with Crippen molar-refractivity contribution in [1.82, 2.24) is 4.57 Å². The molecule has 41 heavy (non-hydrogen) atoms. The number of thiazole rings is 1. The Hall–Kier alpha value is -4.51. The molecule has 0 bridgehead atoms. The number of fused-ring (bicyclic) bond motifs is 2. The Kier molecular flexibility index (Phi) is 7.63. The number of carbonyl (C=O) groups is 3. The number of hydrogen-bond acceptors (Lipinski definition) is 9. The largest absolute Gasteiger partial charge is 0.493 e. The lowest BCUT2D eigenvalue weighted by molar-refractivity contribution is -0.136. The van der Waals surface area contributed by atoms with Gasteiger partial charge in [0.2, 0.25) is 0 Å². The van der Waals surface area contributed by atoms with Crippen LogP contribution in [0.2, 0.25) is 0 Å². The van der Waals surface area contributed by atoms with Gasteiger partial charge in [-0.1, -0.05) is 48.9 Å². The van der Waals surface area contributed by atoms with Gasteiger partial charge in [0.05, 0.1) is 42.8 Å². The maximum Gasteiger partial charge on any atom is 0.338 e. The fourth-order valence-electron chi connectivity index (χ4n) is 5.19. The van der Waals surface area contributed by atoms with Crippen LogP contribution in [0.3, 0.4) is 0 Å². The summed E-state index contributed by atoms with van der Waals surface area (Å²) in [6.45, 7) is 5.55. The molecule has 0 fully saturated rings. The molecule has 3 aromatic rings. The summed E-state index contributed by atoms with van der Waals surface area (Å²) >= 11 is 1.11. The second kappa shape index (κ2) is 11.2. The van der Waals surface area contributed by atoms with Crippen molar-refractivity contribution in [2.24, 2.45) is 4.99 Å². The zero-order valence-corrected chi connectivity index (χ0v) is 24.2. The molecule has 10 nitrogen and oxygen atoms in total. The van der Waals surface area contributed by atoms with Crippen LogP contribution in [0.15, 0.2) is 63.5 Å². The van der Waals surface area contributed by atoms with Gasteiger partial charge in [0.15, 0.2) is 16.3 Å². The molecule has 1 aromatic heterocycles. The van der Waals surface area contributed by atoms with E-state index in [0.717, 1.165) is 29.9 Å². The molecule has 11 heteroatoms. The minimum atomic E-state index is -0.934. The minimum Gasteiger partial charge on any atom is -0.493 e. The van der Waals surface area contributed by atoms with E-state index in [1.165, 1.54) is 25.7 Å². The first-order valence-electron chi connectivity index (χ1n) is 13.1. The standard InChI is InChI=1S/C30H29N3O7S/c1-6-7-14-32-20-11-9-8-10-19(20)24(27(32)35)26-28(36)33-25(23(29(37)39-5)16(2)31-30(33)41-26)18-12-13-21(40-17(3)34)22(15-18)38-4/h8-13,15,25H,6-7,14H2,1-5H3. The second-order valence-electron chi connectivity index (χ2n) is 9.60. The van der Waals surface area contributed by atoms with E-state index in [4.69, 9.17) is 14.2 Å². The monoisotopic (exact) mass is 575 g/mol. The number of benzene rings is 2. The molecule has 1 atom stereocenters. The average molecular weight is 576 g/mol. The lowest BCUT2D eigenvalue weighted by Gasteiger charge is -2.25. The summed E-state index contributed by atoms with van der Waals surface area (Å²) in [6.07, 6.45) is 1.74. The number of nitrogens with zero attached hydrogens (tertiary/aromatic N) is 3. The highest BCUT2D eigenvalue weighted by atomic mass is 32.1. The summed E-state index contributed by atoms with van der Waals surface area (Å²) in [5.41, 5.74) is 2.38. The third-order valence-corrected chi connectivity index (χ3v) is 8.10. The molecule has 2 aliphatic heterocycles. The lowest BCUT2D eigenvalue weighted by atomic mass is 9.95. The highest BCUT2D eigenvalue weighted by molar-refractivity contribution is 7.07. The molecule has 212 valence electrons. The van der Waals surface area contributed by atoms with E-state index in [9.17, 15) is 19.2 Å². The Bertz CT molecular complexity index is 1800. The Balaban J connectivity index is 1.78. The smallest absolute Gasteiger partial charge is 0.338 e. The van der Waals surface area contributed by atoms with E-state index in [0.29, 0.717) is 33.7 Å². The van der Waals surface area contributed by atoms with Crippen LogP contribution in [0, 0.1) is 0 Å². The van der Waals surface area contributed by atoms with Crippen molar-refractivity contribution in [2.45, 2.75) is 39.7 Å². The van der Waals surface area contributed by atoms with Crippen LogP contribution in [0.1, 0.15) is 50.8 Å². The summed E-state index contributed by atoms with van der Waals surface area (Å²) in [7, 11) is 2.69. The summed E-state index contributed by atoms with van der Waals surface area (Å²) in [5.74, 6) is -0.971. The molecule has 0 N–H and O–H groups in total. The normalized spacial score (nSPS) is 17.1. The van der Waals surface area contributed by atoms with Crippen LogP contribution >= 0.6 is 11.3 Å². The number of allylic oxidation sites excluding steroid dienone is 1.